The van der Waals surface area contributed by atoms with E-state index in [4.69, 9.17) is 4.74 Å². The standard InChI is InChI=1S/C19H26N6O3/c1-3-4-13-28-16-7-5-15(6-8-16)22-18-17(25(26)27)19(21-14-20-18)24-11-9-23(2)10-12-24/h5-8,14H,3-4,9-13H2,1-2H3,(H,20,21,22). The van der Waals surface area contributed by atoms with Crippen LogP contribution in [0.3, 0.4) is 0 Å². The maximum Gasteiger partial charge on any atom is 0.353 e. The van der Waals surface area contributed by atoms with Crippen molar-refractivity contribution in [2.24, 2.45) is 0 Å². The first kappa shape index (κ1) is 19.8. The molecule has 1 fully saturated rings. The van der Waals surface area contributed by atoms with Gasteiger partial charge < -0.3 is 19.9 Å². The van der Waals surface area contributed by atoms with E-state index in [-0.39, 0.29) is 11.5 Å². The maximum absolute atomic E-state index is 11.8. The molecule has 1 N–H and O–H groups in total. The number of anilines is 3. The Morgan fingerprint density at radius 3 is 2.54 bits per heavy atom. The van der Waals surface area contributed by atoms with Crippen LogP contribution in [0.5, 0.6) is 5.75 Å². The summed E-state index contributed by atoms with van der Waals surface area (Å²) in [7, 11) is 2.04. The molecule has 9 nitrogen and oxygen atoms in total. The number of nitrogens with zero attached hydrogens (tertiary/aromatic N) is 5. The average molecular weight is 386 g/mol. The largest absolute Gasteiger partial charge is 0.494 e. The van der Waals surface area contributed by atoms with Gasteiger partial charge in [-0.15, -0.1) is 0 Å². The number of likely N-dealkylation sites (N-methyl/N-ethyl adjacent to an activating group) is 1. The number of benzene rings is 1. The lowest BCUT2D eigenvalue weighted by Crippen LogP contribution is -2.45. The van der Waals surface area contributed by atoms with Gasteiger partial charge in [0, 0.05) is 31.9 Å². The molecule has 1 aliphatic heterocycles. The van der Waals surface area contributed by atoms with Crippen molar-refractivity contribution >= 4 is 23.0 Å². The Bertz CT molecular complexity index is 791. The molecule has 0 unspecified atom stereocenters. The van der Waals surface area contributed by atoms with Gasteiger partial charge in [-0.3, -0.25) is 10.1 Å². The molecule has 150 valence electrons. The Morgan fingerprint density at radius 2 is 1.89 bits per heavy atom. The molecular weight excluding hydrogens is 360 g/mol. The molecule has 28 heavy (non-hydrogen) atoms. The van der Waals surface area contributed by atoms with Gasteiger partial charge in [-0.2, -0.15) is 0 Å². The minimum Gasteiger partial charge on any atom is -0.494 e. The molecule has 2 heterocycles. The Morgan fingerprint density at radius 1 is 1.18 bits per heavy atom. The molecule has 1 aromatic carbocycles. The number of nitro groups is 1. The van der Waals surface area contributed by atoms with Crippen molar-refractivity contribution in [3.8, 4) is 5.75 Å². The van der Waals surface area contributed by atoms with Crippen LogP contribution in [0.1, 0.15) is 19.8 Å². The topological polar surface area (TPSA) is 96.7 Å². The first-order valence-electron chi connectivity index (χ1n) is 9.51. The van der Waals surface area contributed by atoms with Gasteiger partial charge in [0.1, 0.15) is 12.1 Å². The number of aromatic nitrogens is 2. The van der Waals surface area contributed by atoms with E-state index in [0.717, 1.165) is 31.7 Å². The summed E-state index contributed by atoms with van der Waals surface area (Å²) in [6.45, 7) is 5.85. The van der Waals surface area contributed by atoms with Crippen LogP contribution in [-0.4, -0.2) is 59.6 Å². The molecular formula is C19H26N6O3. The summed E-state index contributed by atoms with van der Waals surface area (Å²) in [5.41, 5.74) is 0.601. The fourth-order valence-electron chi connectivity index (χ4n) is 2.98. The molecule has 0 spiro atoms. The number of ether oxygens (including phenoxy) is 1. The highest BCUT2D eigenvalue weighted by Crippen LogP contribution is 2.34. The monoisotopic (exact) mass is 386 g/mol. The van der Waals surface area contributed by atoms with Gasteiger partial charge in [0.2, 0.25) is 11.6 Å². The van der Waals surface area contributed by atoms with Gasteiger partial charge in [0.15, 0.2) is 0 Å². The molecule has 1 aliphatic rings. The molecule has 9 heteroatoms. The molecule has 0 aliphatic carbocycles. The van der Waals surface area contributed by atoms with Crippen molar-refractivity contribution in [1.29, 1.82) is 0 Å². The van der Waals surface area contributed by atoms with Crippen LogP contribution in [0.15, 0.2) is 30.6 Å². The Kier molecular flexibility index (Phi) is 6.59. The third kappa shape index (κ3) is 4.86. The summed E-state index contributed by atoms with van der Waals surface area (Å²) in [5.74, 6) is 1.32. The van der Waals surface area contributed by atoms with Crippen molar-refractivity contribution in [2.45, 2.75) is 19.8 Å². The van der Waals surface area contributed by atoms with Gasteiger partial charge >= 0.3 is 5.69 Å². The van der Waals surface area contributed by atoms with E-state index in [1.54, 1.807) is 0 Å². The molecule has 0 amide bonds. The molecule has 0 bridgehead atoms. The van der Waals surface area contributed by atoms with E-state index in [1.165, 1.54) is 6.33 Å². The number of unbranched alkanes of at least 4 members (excludes halogenated alkanes) is 1. The quantitative estimate of drug-likeness (QED) is 0.420. The van der Waals surface area contributed by atoms with E-state index < -0.39 is 4.92 Å². The van der Waals surface area contributed by atoms with Crippen molar-refractivity contribution in [3.05, 3.63) is 40.7 Å². The van der Waals surface area contributed by atoms with Gasteiger partial charge in [-0.1, -0.05) is 13.3 Å². The second kappa shape index (κ2) is 9.32. The summed E-state index contributed by atoms with van der Waals surface area (Å²) in [5, 5.41) is 14.8. The summed E-state index contributed by atoms with van der Waals surface area (Å²) < 4.78 is 5.65. The zero-order valence-corrected chi connectivity index (χ0v) is 16.3. The molecule has 1 aromatic heterocycles. The van der Waals surface area contributed by atoms with Crippen LogP contribution in [0.25, 0.3) is 0 Å². The molecule has 0 atom stereocenters. The third-order valence-corrected chi connectivity index (χ3v) is 4.67. The second-order valence-electron chi connectivity index (χ2n) is 6.79. The SMILES string of the molecule is CCCCOc1ccc(Nc2ncnc(N3CCN(C)CC3)c2[N+](=O)[O-])cc1. The summed E-state index contributed by atoms with van der Waals surface area (Å²) in [4.78, 5) is 23.8. The lowest BCUT2D eigenvalue weighted by atomic mass is 10.2. The lowest BCUT2D eigenvalue weighted by Gasteiger charge is -2.32. The third-order valence-electron chi connectivity index (χ3n) is 4.67. The highest BCUT2D eigenvalue weighted by Gasteiger charge is 2.28. The Balaban J connectivity index is 1.78. The summed E-state index contributed by atoms with van der Waals surface area (Å²) >= 11 is 0. The highest BCUT2D eigenvalue weighted by atomic mass is 16.6. The van der Waals surface area contributed by atoms with Gasteiger partial charge in [0.05, 0.1) is 11.5 Å². The predicted molar refractivity (Wildman–Crippen MR) is 109 cm³/mol. The zero-order valence-electron chi connectivity index (χ0n) is 16.3. The van der Waals surface area contributed by atoms with E-state index in [9.17, 15) is 10.1 Å². The van der Waals surface area contributed by atoms with Crippen LogP contribution in [0, 0.1) is 10.1 Å². The minimum absolute atomic E-state index is 0.102. The predicted octanol–water partition coefficient (Wildman–Crippen LogP) is 3.06. The number of piperazine rings is 1. The van der Waals surface area contributed by atoms with Crippen molar-refractivity contribution in [1.82, 2.24) is 14.9 Å². The molecule has 1 saturated heterocycles. The number of hydrogen-bond donors (Lipinski definition) is 1. The second-order valence-corrected chi connectivity index (χ2v) is 6.79. The van der Waals surface area contributed by atoms with Gasteiger partial charge in [0.25, 0.3) is 0 Å². The van der Waals surface area contributed by atoms with E-state index in [2.05, 4.69) is 27.1 Å². The summed E-state index contributed by atoms with van der Waals surface area (Å²) in [6.07, 6.45) is 3.44. The minimum atomic E-state index is -0.418. The molecule has 0 radical (unpaired) electrons. The zero-order chi connectivity index (χ0) is 19.9. The van der Waals surface area contributed by atoms with E-state index >= 15 is 0 Å². The molecule has 2 aromatic rings. The highest BCUT2D eigenvalue weighted by molar-refractivity contribution is 5.74. The van der Waals surface area contributed by atoms with Crippen LogP contribution >= 0.6 is 0 Å². The summed E-state index contributed by atoms with van der Waals surface area (Å²) in [6, 6.07) is 7.32. The molecule has 0 saturated carbocycles. The number of hydrogen-bond acceptors (Lipinski definition) is 8. The van der Waals surface area contributed by atoms with Crippen molar-refractivity contribution < 1.29 is 9.66 Å². The van der Waals surface area contributed by atoms with Crippen LogP contribution < -0.4 is 15.0 Å². The van der Waals surface area contributed by atoms with Crippen molar-refractivity contribution in [3.63, 3.8) is 0 Å². The number of rotatable bonds is 8. The normalized spacial score (nSPS) is 14.7. The van der Waals surface area contributed by atoms with Crippen LogP contribution in [0.2, 0.25) is 0 Å². The maximum atomic E-state index is 11.8. The fourth-order valence-corrected chi connectivity index (χ4v) is 2.98. The molecule has 3 rings (SSSR count). The first-order valence-corrected chi connectivity index (χ1v) is 9.51. The van der Waals surface area contributed by atoms with E-state index in [1.807, 2.05) is 36.2 Å². The first-order chi connectivity index (χ1) is 13.6. The van der Waals surface area contributed by atoms with Crippen molar-refractivity contribution in [2.75, 3.05) is 50.1 Å². The van der Waals surface area contributed by atoms with E-state index in [0.29, 0.717) is 31.2 Å². The van der Waals surface area contributed by atoms with Gasteiger partial charge in [-0.25, -0.2) is 9.97 Å². The smallest absolute Gasteiger partial charge is 0.353 e. The Hall–Kier alpha value is -2.94. The van der Waals surface area contributed by atoms with Crippen LogP contribution in [0.4, 0.5) is 23.0 Å². The van der Waals surface area contributed by atoms with Crippen LogP contribution in [-0.2, 0) is 0 Å². The fraction of sp³-hybridized carbons (Fsp3) is 0.474. The van der Waals surface area contributed by atoms with Gasteiger partial charge in [-0.05, 0) is 37.7 Å². The average Bonchev–Trinajstić information content (AvgIpc) is 2.70. The Labute approximate surface area is 164 Å². The lowest BCUT2D eigenvalue weighted by molar-refractivity contribution is -0.383. The number of nitrogens with one attached hydrogen (secondary N) is 1.